The lowest BCUT2D eigenvalue weighted by atomic mass is 10.1. The zero-order valence-electron chi connectivity index (χ0n) is 9.66. The highest BCUT2D eigenvalue weighted by Gasteiger charge is 2.30. The van der Waals surface area contributed by atoms with E-state index >= 15 is 0 Å². The van der Waals surface area contributed by atoms with Crippen molar-refractivity contribution in [2.75, 3.05) is 21.1 Å². The first kappa shape index (κ1) is 10.4. The molecule has 0 radical (unpaired) electrons. The monoisotopic (exact) mass is 204 g/mol. The number of benzene rings is 1. The Hall–Kier alpha value is -1.15. The van der Waals surface area contributed by atoms with Gasteiger partial charge in [0, 0.05) is 11.5 Å². The van der Waals surface area contributed by atoms with Gasteiger partial charge >= 0.3 is 0 Å². The summed E-state index contributed by atoms with van der Waals surface area (Å²) in [6, 6.07) is 8.02. The number of quaternary nitrogens is 1. The van der Waals surface area contributed by atoms with Crippen molar-refractivity contribution in [3.63, 3.8) is 0 Å². The van der Waals surface area contributed by atoms with Crippen molar-refractivity contribution in [3.05, 3.63) is 29.8 Å². The van der Waals surface area contributed by atoms with Gasteiger partial charge in [0.05, 0.1) is 21.1 Å². The van der Waals surface area contributed by atoms with Crippen molar-refractivity contribution in [1.82, 2.24) is 4.48 Å². The van der Waals surface area contributed by atoms with E-state index in [1.165, 1.54) is 5.69 Å². The molecule has 1 fully saturated rings. The molecule has 0 heterocycles. The van der Waals surface area contributed by atoms with Crippen molar-refractivity contribution < 1.29 is 4.79 Å². The van der Waals surface area contributed by atoms with E-state index in [2.05, 4.69) is 33.3 Å². The van der Waals surface area contributed by atoms with Gasteiger partial charge in [-0.05, 0) is 37.1 Å². The Labute approximate surface area is 91.1 Å². The molecule has 0 unspecified atom stereocenters. The summed E-state index contributed by atoms with van der Waals surface area (Å²) in [7, 11) is 6.37. The largest absolute Gasteiger partial charge is 0.298 e. The lowest BCUT2D eigenvalue weighted by Gasteiger charge is -2.23. The summed E-state index contributed by atoms with van der Waals surface area (Å²) in [5, 5.41) is 0. The van der Waals surface area contributed by atoms with Crippen LogP contribution in [-0.4, -0.2) is 26.9 Å². The first-order valence-corrected chi connectivity index (χ1v) is 5.45. The Balaban J connectivity index is 2.20. The number of rotatable bonds is 3. The molecule has 0 amide bonds. The SMILES string of the molecule is C[N+](C)(C)c1ccc(C(=O)C2CC2)cc1. The Kier molecular flexibility index (Phi) is 2.39. The molecule has 0 bridgehead atoms. The van der Waals surface area contributed by atoms with Crippen LogP contribution >= 0.6 is 0 Å². The van der Waals surface area contributed by atoms with E-state index < -0.39 is 0 Å². The van der Waals surface area contributed by atoms with Crippen LogP contribution in [0.4, 0.5) is 5.69 Å². The third-order valence-corrected chi connectivity index (χ3v) is 2.87. The normalized spacial score (nSPS) is 16.5. The molecule has 2 nitrogen and oxygen atoms in total. The molecule has 2 heteroatoms. The first-order valence-electron chi connectivity index (χ1n) is 5.45. The molecule has 1 aliphatic carbocycles. The van der Waals surface area contributed by atoms with Crippen LogP contribution in [-0.2, 0) is 0 Å². The molecule has 1 aliphatic rings. The van der Waals surface area contributed by atoms with Gasteiger partial charge in [0.1, 0.15) is 5.69 Å². The molecule has 80 valence electrons. The minimum absolute atomic E-state index is 0.319. The Morgan fingerprint density at radius 1 is 1.13 bits per heavy atom. The van der Waals surface area contributed by atoms with Gasteiger partial charge in [0.25, 0.3) is 0 Å². The second-order valence-electron chi connectivity index (χ2n) is 5.20. The molecule has 0 spiro atoms. The summed E-state index contributed by atoms with van der Waals surface area (Å²) in [6.45, 7) is 0. The molecule has 1 aromatic rings. The van der Waals surface area contributed by atoms with Crippen molar-refractivity contribution in [1.29, 1.82) is 0 Å². The van der Waals surface area contributed by atoms with E-state index in [1.54, 1.807) is 0 Å². The third kappa shape index (κ3) is 2.26. The number of carbonyl (C=O) groups excluding carboxylic acids is 1. The molecule has 0 N–H and O–H groups in total. The van der Waals surface area contributed by atoms with Gasteiger partial charge in [-0.1, -0.05) is 0 Å². The van der Waals surface area contributed by atoms with E-state index in [0.29, 0.717) is 11.7 Å². The molecular formula is C13H18NO+. The molecule has 0 aromatic heterocycles. The predicted octanol–water partition coefficient (Wildman–Crippen LogP) is 2.48. The van der Waals surface area contributed by atoms with Gasteiger partial charge in [-0.15, -0.1) is 0 Å². The van der Waals surface area contributed by atoms with Crippen molar-refractivity contribution >= 4 is 11.5 Å². The number of hydrogen-bond acceptors (Lipinski definition) is 1. The lowest BCUT2D eigenvalue weighted by Crippen LogP contribution is -2.34. The average molecular weight is 204 g/mol. The maximum absolute atomic E-state index is 11.8. The van der Waals surface area contributed by atoms with E-state index in [4.69, 9.17) is 0 Å². The van der Waals surface area contributed by atoms with E-state index in [0.717, 1.165) is 22.9 Å². The summed E-state index contributed by atoms with van der Waals surface area (Å²) in [6.07, 6.45) is 2.16. The minimum atomic E-state index is 0.319. The third-order valence-electron chi connectivity index (χ3n) is 2.87. The fourth-order valence-electron chi connectivity index (χ4n) is 1.65. The summed E-state index contributed by atoms with van der Waals surface area (Å²) >= 11 is 0. The molecule has 0 saturated heterocycles. The summed E-state index contributed by atoms with van der Waals surface area (Å²) in [5.74, 6) is 0.642. The molecular weight excluding hydrogens is 186 g/mol. The van der Waals surface area contributed by atoms with Gasteiger partial charge < -0.3 is 0 Å². The van der Waals surface area contributed by atoms with Crippen LogP contribution in [0.25, 0.3) is 0 Å². The van der Waals surface area contributed by atoms with Crippen LogP contribution < -0.4 is 4.48 Å². The fraction of sp³-hybridized carbons (Fsp3) is 0.462. The maximum Gasteiger partial charge on any atom is 0.165 e. The Morgan fingerprint density at radius 3 is 2.07 bits per heavy atom. The van der Waals surface area contributed by atoms with Gasteiger partial charge in [-0.3, -0.25) is 9.28 Å². The van der Waals surface area contributed by atoms with Crippen LogP contribution in [0, 0.1) is 5.92 Å². The van der Waals surface area contributed by atoms with Crippen LogP contribution in [0.2, 0.25) is 0 Å². The zero-order chi connectivity index (χ0) is 11.1. The zero-order valence-corrected chi connectivity index (χ0v) is 9.66. The molecule has 1 saturated carbocycles. The minimum Gasteiger partial charge on any atom is -0.298 e. The smallest absolute Gasteiger partial charge is 0.165 e. The van der Waals surface area contributed by atoms with Gasteiger partial charge in [-0.25, -0.2) is 0 Å². The first-order chi connectivity index (χ1) is 6.98. The maximum atomic E-state index is 11.8. The lowest BCUT2D eigenvalue weighted by molar-refractivity contribution is 0.0967. The molecule has 2 rings (SSSR count). The number of hydrogen-bond donors (Lipinski definition) is 0. The Bertz CT molecular complexity index is 369. The van der Waals surface area contributed by atoms with Gasteiger partial charge in [0.15, 0.2) is 5.78 Å². The van der Waals surface area contributed by atoms with Crippen LogP contribution in [0.5, 0.6) is 0 Å². The molecule has 1 aromatic carbocycles. The highest BCUT2D eigenvalue weighted by Crippen LogP contribution is 2.33. The highest BCUT2D eigenvalue weighted by molar-refractivity contribution is 5.99. The number of carbonyl (C=O) groups is 1. The van der Waals surface area contributed by atoms with Gasteiger partial charge in [0.2, 0.25) is 0 Å². The van der Waals surface area contributed by atoms with Gasteiger partial charge in [-0.2, -0.15) is 0 Å². The fourth-order valence-corrected chi connectivity index (χ4v) is 1.65. The summed E-state index contributed by atoms with van der Waals surface area (Å²) in [5.41, 5.74) is 2.09. The standard InChI is InChI=1S/C13H18NO/c1-14(2,3)12-8-6-11(7-9-12)13(15)10-4-5-10/h6-10H,4-5H2,1-3H3/q+1. The van der Waals surface area contributed by atoms with Crippen molar-refractivity contribution in [2.24, 2.45) is 5.92 Å². The van der Waals surface area contributed by atoms with Crippen LogP contribution in [0.15, 0.2) is 24.3 Å². The molecule has 0 aliphatic heterocycles. The summed E-state index contributed by atoms with van der Waals surface area (Å²) < 4.78 is 0.790. The second-order valence-corrected chi connectivity index (χ2v) is 5.20. The molecule has 0 atom stereocenters. The van der Waals surface area contributed by atoms with Crippen molar-refractivity contribution in [2.45, 2.75) is 12.8 Å². The topological polar surface area (TPSA) is 17.1 Å². The number of ketones is 1. The number of nitrogens with zero attached hydrogens (tertiary/aromatic N) is 1. The van der Waals surface area contributed by atoms with Crippen LogP contribution in [0.1, 0.15) is 23.2 Å². The van der Waals surface area contributed by atoms with E-state index in [1.807, 2.05) is 12.1 Å². The van der Waals surface area contributed by atoms with Crippen molar-refractivity contribution in [3.8, 4) is 0 Å². The summed E-state index contributed by atoms with van der Waals surface area (Å²) in [4.78, 5) is 11.8. The number of Topliss-reactive ketones (excluding diaryl/α,β-unsaturated/α-hetero) is 1. The van der Waals surface area contributed by atoms with E-state index in [9.17, 15) is 4.79 Å². The molecule has 15 heavy (non-hydrogen) atoms. The Morgan fingerprint density at radius 2 is 1.67 bits per heavy atom. The van der Waals surface area contributed by atoms with Crippen LogP contribution in [0.3, 0.4) is 0 Å². The van der Waals surface area contributed by atoms with E-state index in [-0.39, 0.29) is 0 Å². The highest BCUT2D eigenvalue weighted by atomic mass is 16.1. The predicted molar refractivity (Wildman–Crippen MR) is 63.1 cm³/mol. The quantitative estimate of drug-likeness (QED) is 0.546. The average Bonchev–Trinajstić information content (AvgIpc) is 2.99. The second kappa shape index (κ2) is 3.46.